The Kier molecular flexibility index (Phi) is 5.65. The summed E-state index contributed by atoms with van der Waals surface area (Å²) in [4.78, 5) is 1.08. The Bertz CT molecular complexity index is 615. The van der Waals surface area contributed by atoms with Crippen molar-refractivity contribution < 1.29 is 0 Å². The molecule has 0 aliphatic rings. The van der Waals surface area contributed by atoms with Crippen LogP contribution in [0.1, 0.15) is 11.1 Å². The van der Waals surface area contributed by atoms with Crippen LogP contribution in [0.4, 0.5) is 0 Å². The van der Waals surface area contributed by atoms with Crippen LogP contribution in [0.5, 0.6) is 0 Å². The first-order chi connectivity index (χ1) is 10.2. The van der Waals surface area contributed by atoms with Crippen LogP contribution in [-0.2, 0) is 0 Å². The van der Waals surface area contributed by atoms with E-state index in [9.17, 15) is 0 Å². The van der Waals surface area contributed by atoms with Gasteiger partial charge in [0.05, 0.1) is 0 Å². The highest BCUT2D eigenvalue weighted by Crippen LogP contribution is 2.17. The molecule has 0 saturated carbocycles. The lowest BCUT2D eigenvalue weighted by molar-refractivity contribution is 1.24. The van der Waals surface area contributed by atoms with Crippen molar-refractivity contribution in [2.75, 3.05) is 0 Å². The van der Waals surface area contributed by atoms with E-state index in [1.165, 1.54) is 22.3 Å². The molecule has 0 saturated heterocycles. The number of rotatable bonds is 1. The largest absolute Gasteiger partial charge is 0.143 e. The minimum Gasteiger partial charge on any atom is -0.143 e. The molecule has 0 aliphatic heterocycles. The van der Waals surface area contributed by atoms with Gasteiger partial charge in [-0.15, -0.1) is 12.6 Å². The number of hydrogen-bond donors (Lipinski definition) is 1. The number of aryl methyl sites for hydroxylation is 1. The van der Waals surface area contributed by atoms with E-state index in [-0.39, 0.29) is 0 Å². The highest BCUT2D eigenvalue weighted by molar-refractivity contribution is 7.80. The van der Waals surface area contributed by atoms with Gasteiger partial charge in [0.15, 0.2) is 0 Å². The predicted octanol–water partition coefficient (Wildman–Crippen LogP) is 5.95. The number of benzene rings is 3. The van der Waals surface area contributed by atoms with E-state index in [0.29, 0.717) is 0 Å². The van der Waals surface area contributed by atoms with Crippen molar-refractivity contribution in [3.05, 3.63) is 90.0 Å². The molecular weight excluding hydrogens is 272 g/mol. The van der Waals surface area contributed by atoms with Crippen molar-refractivity contribution in [3.8, 4) is 11.1 Å². The van der Waals surface area contributed by atoms with Crippen LogP contribution in [0, 0.1) is 13.8 Å². The fourth-order valence-corrected chi connectivity index (χ4v) is 2.26. The summed E-state index contributed by atoms with van der Waals surface area (Å²) in [6.07, 6.45) is 0. The zero-order valence-electron chi connectivity index (χ0n) is 12.5. The van der Waals surface area contributed by atoms with Crippen LogP contribution in [0.15, 0.2) is 83.8 Å². The third kappa shape index (κ3) is 4.51. The average Bonchev–Trinajstić information content (AvgIpc) is 2.55. The fourth-order valence-electron chi connectivity index (χ4n) is 2.00. The molecule has 21 heavy (non-hydrogen) atoms. The second-order valence-corrected chi connectivity index (χ2v) is 5.43. The van der Waals surface area contributed by atoms with E-state index >= 15 is 0 Å². The predicted molar refractivity (Wildman–Crippen MR) is 95.0 cm³/mol. The Morgan fingerprint density at radius 3 is 1.43 bits per heavy atom. The van der Waals surface area contributed by atoms with Crippen molar-refractivity contribution in [1.82, 2.24) is 0 Å². The van der Waals surface area contributed by atoms with Gasteiger partial charge < -0.3 is 0 Å². The molecule has 3 aromatic rings. The smallest absolute Gasteiger partial charge is 0.00718 e. The average molecular weight is 292 g/mol. The molecule has 0 atom stereocenters. The van der Waals surface area contributed by atoms with Crippen LogP contribution in [-0.4, -0.2) is 0 Å². The Hall–Kier alpha value is -1.99. The zero-order chi connectivity index (χ0) is 15.1. The molecule has 0 spiro atoms. The van der Waals surface area contributed by atoms with Crippen molar-refractivity contribution in [2.45, 2.75) is 18.7 Å². The standard InChI is InChI=1S/C12H10.C8H10S/c1-3-7-11(8-4-1)12-9-5-2-6-10-12;1-6-4-3-5-8(9)7(6)2/h1-10H;3-5,9H,1-2H3. The molecule has 0 amide bonds. The van der Waals surface area contributed by atoms with Gasteiger partial charge in [0.25, 0.3) is 0 Å². The van der Waals surface area contributed by atoms with E-state index in [1.807, 2.05) is 24.3 Å². The first-order valence-corrected chi connectivity index (χ1v) is 7.49. The maximum absolute atomic E-state index is 4.27. The summed E-state index contributed by atoms with van der Waals surface area (Å²) in [5.74, 6) is 0. The van der Waals surface area contributed by atoms with E-state index in [4.69, 9.17) is 0 Å². The lowest BCUT2D eigenvalue weighted by Crippen LogP contribution is -1.79. The summed E-state index contributed by atoms with van der Waals surface area (Å²) in [5.41, 5.74) is 5.14. The highest BCUT2D eigenvalue weighted by Gasteiger charge is 1.93. The molecule has 0 unspecified atom stereocenters. The van der Waals surface area contributed by atoms with Crippen molar-refractivity contribution in [3.63, 3.8) is 0 Å². The molecule has 3 aromatic carbocycles. The van der Waals surface area contributed by atoms with Gasteiger partial charge in [0.2, 0.25) is 0 Å². The van der Waals surface area contributed by atoms with Crippen molar-refractivity contribution in [1.29, 1.82) is 0 Å². The normalized spacial score (nSPS) is 9.67. The summed E-state index contributed by atoms with van der Waals surface area (Å²) in [6.45, 7) is 4.17. The summed E-state index contributed by atoms with van der Waals surface area (Å²) in [6, 6.07) is 26.9. The fraction of sp³-hybridized carbons (Fsp3) is 0.100. The number of thiol groups is 1. The Balaban J connectivity index is 0.000000161. The van der Waals surface area contributed by atoms with Gasteiger partial charge >= 0.3 is 0 Å². The first-order valence-electron chi connectivity index (χ1n) is 7.04. The van der Waals surface area contributed by atoms with Gasteiger partial charge in [0, 0.05) is 4.90 Å². The van der Waals surface area contributed by atoms with Crippen molar-refractivity contribution >= 4 is 12.6 Å². The summed E-state index contributed by atoms with van der Waals surface area (Å²) < 4.78 is 0. The van der Waals surface area contributed by atoms with Gasteiger partial charge in [-0.25, -0.2) is 0 Å². The second-order valence-electron chi connectivity index (χ2n) is 4.95. The molecule has 0 aromatic heterocycles. The van der Waals surface area contributed by atoms with Gasteiger partial charge in [0.1, 0.15) is 0 Å². The van der Waals surface area contributed by atoms with Crippen LogP contribution < -0.4 is 0 Å². The summed E-state index contributed by atoms with van der Waals surface area (Å²) in [7, 11) is 0. The summed E-state index contributed by atoms with van der Waals surface area (Å²) in [5, 5.41) is 0. The molecule has 0 N–H and O–H groups in total. The quantitative estimate of drug-likeness (QED) is 0.527. The molecule has 0 radical (unpaired) electrons. The van der Waals surface area contributed by atoms with Gasteiger partial charge in [-0.05, 0) is 42.2 Å². The second kappa shape index (κ2) is 7.70. The SMILES string of the molecule is Cc1cccc(S)c1C.c1ccc(-c2ccccc2)cc1. The Morgan fingerprint density at radius 1 is 0.571 bits per heavy atom. The van der Waals surface area contributed by atoms with Gasteiger partial charge in [-0.2, -0.15) is 0 Å². The van der Waals surface area contributed by atoms with E-state index in [0.717, 1.165) is 4.90 Å². The van der Waals surface area contributed by atoms with Crippen LogP contribution >= 0.6 is 12.6 Å². The molecular formula is C20H20S. The molecule has 0 aliphatic carbocycles. The molecule has 0 nitrogen and oxygen atoms in total. The molecule has 3 rings (SSSR count). The minimum atomic E-state index is 1.08. The number of hydrogen-bond acceptors (Lipinski definition) is 1. The lowest BCUT2D eigenvalue weighted by Gasteiger charge is -2.00. The molecule has 0 fully saturated rings. The van der Waals surface area contributed by atoms with Crippen molar-refractivity contribution in [2.24, 2.45) is 0 Å². The lowest BCUT2D eigenvalue weighted by atomic mass is 10.1. The van der Waals surface area contributed by atoms with Crippen LogP contribution in [0.25, 0.3) is 11.1 Å². The molecule has 1 heteroatoms. The van der Waals surface area contributed by atoms with E-state index in [2.05, 4.69) is 81.1 Å². The van der Waals surface area contributed by atoms with E-state index in [1.54, 1.807) is 0 Å². The molecule has 0 heterocycles. The summed E-state index contributed by atoms with van der Waals surface area (Å²) >= 11 is 4.27. The first kappa shape index (κ1) is 15.4. The maximum Gasteiger partial charge on any atom is 0.00718 e. The minimum absolute atomic E-state index is 1.08. The van der Waals surface area contributed by atoms with Crippen LogP contribution in [0.2, 0.25) is 0 Å². The Morgan fingerprint density at radius 2 is 1.05 bits per heavy atom. The molecule has 0 bridgehead atoms. The third-order valence-corrected chi connectivity index (χ3v) is 3.94. The zero-order valence-corrected chi connectivity index (χ0v) is 13.3. The van der Waals surface area contributed by atoms with Crippen LogP contribution in [0.3, 0.4) is 0 Å². The molecule has 106 valence electrons. The Labute approximate surface area is 132 Å². The third-order valence-electron chi connectivity index (χ3n) is 3.46. The van der Waals surface area contributed by atoms with E-state index < -0.39 is 0 Å². The monoisotopic (exact) mass is 292 g/mol. The van der Waals surface area contributed by atoms with Gasteiger partial charge in [-0.3, -0.25) is 0 Å². The maximum atomic E-state index is 4.27. The topological polar surface area (TPSA) is 0 Å². The highest BCUT2D eigenvalue weighted by atomic mass is 32.1. The van der Waals surface area contributed by atoms with Gasteiger partial charge in [-0.1, -0.05) is 72.8 Å².